The summed E-state index contributed by atoms with van der Waals surface area (Å²) in [6.45, 7) is 0. The highest BCUT2D eigenvalue weighted by Crippen LogP contribution is 2.29. The van der Waals surface area contributed by atoms with Crippen molar-refractivity contribution < 1.29 is 9.63 Å². The van der Waals surface area contributed by atoms with E-state index in [-0.39, 0.29) is 18.2 Å². The van der Waals surface area contributed by atoms with E-state index in [0.717, 1.165) is 17.9 Å². The zero-order valence-corrected chi connectivity index (χ0v) is 15.1. The molecule has 2 heterocycles. The Morgan fingerprint density at radius 3 is 2.77 bits per heavy atom. The molecule has 1 amide bonds. The van der Waals surface area contributed by atoms with Crippen LogP contribution in [0.15, 0.2) is 35.5 Å². The summed E-state index contributed by atoms with van der Waals surface area (Å²) in [6, 6.07) is 10.3. The molecule has 3 N–H and O–H groups in total. The van der Waals surface area contributed by atoms with E-state index in [1.807, 2.05) is 30.3 Å². The van der Waals surface area contributed by atoms with Crippen LogP contribution in [0.25, 0.3) is 0 Å². The summed E-state index contributed by atoms with van der Waals surface area (Å²) in [4.78, 5) is 17.9. The molecule has 26 heavy (non-hydrogen) atoms. The second kappa shape index (κ2) is 8.18. The van der Waals surface area contributed by atoms with Gasteiger partial charge in [0.05, 0.1) is 6.17 Å². The lowest BCUT2D eigenvalue weighted by Gasteiger charge is -2.24. The van der Waals surface area contributed by atoms with Crippen molar-refractivity contribution in [1.82, 2.24) is 16.2 Å². The van der Waals surface area contributed by atoms with Crippen LogP contribution in [-0.4, -0.2) is 23.8 Å². The monoisotopic (exact) mass is 356 g/mol. The summed E-state index contributed by atoms with van der Waals surface area (Å²) in [6.07, 6.45) is 9.24. The van der Waals surface area contributed by atoms with E-state index in [4.69, 9.17) is 4.84 Å². The average molecular weight is 356 g/mol. The third kappa shape index (κ3) is 4.24. The summed E-state index contributed by atoms with van der Waals surface area (Å²) >= 11 is 0. The minimum Gasteiger partial charge on any atom is -0.387 e. The van der Waals surface area contributed by atoms with E-state index in [1.54, 1.807) is 0 Å². The van der Waals surface area contributed by atoms with Gasteiger partial charge in [-0.3, -0.25) is 10.2 Å². The quantitative estimate of drug-likeness (QED) is 0.758. The highest BCUT2D eigenvalue weighted by atomic mass is 16.6. The van der Waals surface area contributed by atoms with E-state index in [0.29, 0.717) is 18.2 Å². The van der Waals surface area contributed by atoms with Gasteiger partial charge in [0.1, 0.15) is 5.71 Å². The Morgan fingerprint density at radius 2 is 1.96 bits per heavy atom. The summed E-state index contributed by atoms with van der Waals surface area (Å²) < 4.78 is 0. The summed E-state index contributed by atoms with van der Waals surface area (Å²) in [5.74, 6) is 0.692. The van der Waals surface area contributed by atoms with Gasteiger partial charge in [0.15, 0.2) is 6.10 Å². The van der Waals surface area contributed by atoms with Crippen molar-refractivity contribution in [2.75, 3.05) is 0 Å². The van der Waals surface area contributed by atoms with E-state index in [9.17, 15) is 4.79 Å². The van der Waals surface area contributed by atoms with Gasteiger partial charge in [-0.25, -0.2) is 5.43 Å². The fourth-order valence-corrected chi connectivity index (χ4v) is 4.30. The van der Waals surface area contributed by atoms with Crippen LogP contribution in [0.5, 0.6) is 0 Å². The fraction of sp³-hybridized carbons (Fsp3) is 0.600. The van der Waals surface area contributed by atoms with Gasteiger partial charge in [0.2, 0.25) is 0 Å². The first-order chi connectivity index (χ1) is 12.8. The maximum absolute atomic E-state index is 12.5. The molecule has 3 atom stereocenters. The summed E-state index contributed by atoms with van der Waals surface area (Å²) in [5, 5.41) is 7.04. The molecule has 1 aromatic rings. The molecule has 6 heteroatoms. The van der Waals surface area contributed by atoms with Crippen LogP contribution >= 0.6 is 0 Å². The fourth-order valence-electron chi connectivity index (χ4n) is 4.30. The van der Waals surface area contributed by atoms with Crippen molar-refractivity contribution in [3.8, 4) is 0 Å². The summed E-state index contributed by atoms with van der Waals surface area (Å²) in [7, 11) is 0. The minimum atomic E-state index is -0.161. The SMILES string of the molecule is O=C(NC1CC(CC2CCCCC2)NN1)C1=NOC(c2ccccc2)C1. The number of carbonyl (C=O) groups is 1. The van der Waals surface area contributed by atoms with Gasteiger partial charge in [-0.05, 0) is 24.3 Å². The number of carbonyl (C=O) groups excluding carboxylic acids is 1. The number of rotatable bonds is 5. The topological polar surface area (TPSA) is 74.8 Å². The van der Waals surface area contributed by atoms with Gasteiger partial charge < -0.3 is 10.2 Å². The smallest absolute Gasteiger partial charge is 0.270 e. The van der Waals surface area contributed by atoms with Crippen LogP contribution < -0.4 is 16.2 Å². The molecule has 2 fully saturated rings. The zero-order chi connectivity index (χ0) is 17.8. The molecular formula is C20H28N4O2. The Hall–Kier alpha value is -1.92. The Labute approximate surface area is 154 Å². The Bertz CT molecular complexity index is 642. The molecule has 4 rings (SSSR count). The van der Waals surface area contributed by atoms with Crippen LogP contribution in [0.4, 0.5) is 0 Å². The molecular weight excluding hydrogens is 328 g/mol. The van der Waals surface area contributed by atoms with Crippen LogP contribution in [0.1, 0.15) is 63.0 Å². The zero-order valence-electron chi connectivity index (χ0n) is 15.1. The maximum atomic E-state index is 12.5. The van der Waals surface area contributed by atoms with Gasteiger partial charge in [-0.1, -0.05) is 67.6 Å². The van der Waals surface area contributed by atoms with Gasteiger partial charge >= 0.3 is 0 Å². The predicted molar refractivity (Wildman–Crippen MR) is 100 cm³/mol. The second-order valence-electron chi connectivity index (χ2n) is 7.73. The van der Waals surface area contributed by atoms with Crippen molar-refractivity contribution in [1.29, 1.82) is 0 Å². The lowest BCUT2D eigenvalue weighted by atomic mass is 9.84. The molecule has 140 valence electrons. The summed E-state index contributed by atoms with van der Waals surface area (Å²) in [5.41, 5.74) is 8.08. The number of hydrogen-bond donors (Lipinski definition) is 3. The van der Waals surface area contributed by atoms with Crippen LogP contribution in [-0.2, 0) is 9.63 Å². The van der Waals surface area contributed by atoms with Crippen molar-refractivity contribution in [2.24, 2.45) is 11.1 Å². The van der Waals surface area contributed by atoms with Gasteiger partial charge in [0.25, 0.3) is 5.91 Å². The lowest BCUT2D eigenvalue weighted by Crippen LogP contribution is -2.46. The number of benzene rings is 1. The van der Waals surface area contributed by atoms with Crippen molar-refractivity contribution in [3.05, 3.63) is 35.9 Å². The molecule has 1 saturated carbocycles. The standard InChI is InChI=1S/C20H28N4O2/c25-20(17-13-18(26-24-17)15-9-5-2-6-10-15)21-19-12-16(22-23-19)11-14-7-3-1-4-8-14/h2,5-6,9-10,14,16,18-19,22-23H,1,3-4,7-8,11-13H2,(H,21,25). The molecule has 1 saturated heterocycles. The van der Waals surface area contributed by atoms with Crippen molar-refractivity contribution in [3.63, 3.8) is 0 Å². The molecule has 0 aromatic heterocycles. The van der Waals surface area contributed by atoms with E-state index < -0.39 is 0 Å². The van der Waals surface area contributed by atoms with E-state index in [1.165, 1.54) is 38.5 Å². The highest BCUT2D eigenvalue weighted by Gasteiger charge is 2.31. The van der Waals surface area contributed by atoms with Gasteiger partial charge in [0, 0.05) is 12.5 Å². The number of nitrogens with one attached hydrogen (secondary N) is 3. The van der Waals surface area contributed by atoms with Crippen LogP contribution in [0, 0.1) is 5.92 Å². The number of hydrogen-bond acceptors (Lipinski definition) is 5. The van der Waals surface area contributed by atoms with Crippen molar-refractivity contribution >= 4 is 11.6 Å². The molecule has 3 unspecified atom stereocenters. The van der Waals surface area contributed by atoms with E-state index in [2.05, 4.69) is 21.3 Å². The molecule has 1 aliphatic carbocycles. The Kier molecular flexibility index (Phi) is 5.51. The number of amides is 1. The van der Waals surface area contributed by atoms with Crippen LogP contribution in [0.2, 0.25) is 0 Å². The number of oxime groups is 1. The van der Waals surface area contributed by atoms with Gasteiger partial charge in [-0.15, -0.1) is 0 Å². The predicted octanol–water partition coefficient (Wildman–Crippen LogP) is 2.78. The molecule has 6 nitrogen and oxygen atoms in total. The molecule has 0 spiro atoms. The number of hydrazine groups is 1. The first-order valence-electron chi connectivity index (χ1n) is 9.87. The Balaban J connectivity index is 1.23. The largest absolute Gasteiger partial charge is 0.387 e. The average Bonchev–Trinajstić information content (AvgIpc) is 3.33. The van der Waals surface area contributed by atoms with Crippen molar-refractivity contribution in [2.45, 2.75) is 69.7 Å². The molecule has 2 aliphatic heterocycles. The van der Waals surface area contributed by atoms with Gasteiger partial charge in [-0.2, -0.15) is 0 Å². The van der Waals surface area contributed by atoms with E-state index >= 15 is 0 Å². The molecule has 0 radical (unpaired) electrons. The first-order valence-corrected chi connectivity index (χ1v) is 9.87. The molecule has 1 aromatic carbocycles. The highest BCUT2D eigenvalue weighted by molar-refractivity contribution is 6.39. The second-order valence-corrected chi connectivity index (χ2v) is 7.73. The number of nitrogens with zero attached hydrogens (tertiary/aromatic N) is 1. The van der Waals surface area contributed by atoms with Crippen LogP contribution in [0.3, 0.4) is 0 Å². The Morgan fingerprint density at radius 1 is 1.15 bits per heavy atom. The normalized spacial score (nSPS) is 29.2. The minimum absolute atomic E-state index is 0.0467. The first kappa shape index (κ1) is 17.5. The lowest BCUT2D eigenvalue weighted by molar-refractivity contribution is -0.115. The third-order valence-corrected chi connectivity index (χ3v) is 5.73. The molecule has 0 bridgehead atoms. The third-order valence-electron chi connectivity index (χ3n) is 5.73. The maximum Gasteiger partial charge on any atom is 0.270 e. The molecule has 3 aliphatic rings.